The van der Waals surface area contributed by atoms with E-state index in [0.717, 1.165) is 22.5 Å². The van der Waals surface area contributed by atoms with Gasteiger partial charge in [-0.2, -0.15) is 0 Å². The zero-order chi connectivity index (χ0) is 18.2. The Balaban J connectivity index is 1.77. The summed E-state index contributed by atoms with van der Waals surface area (Å²) < 4.78 is 0. The zero-order valence-corrected chi connectivity index (χ0v) is 15.8. The van der Waals surface area contributed by atoms with Crippen molar-refractivity contribution in [1.82, 2.24) is 10.2 Å². The second-order valence-electron chi connectivity index (χ2n) is 6.03. The molecule has 25 heavy (non-hydrogen) atoms. The number of benzene rings is 1. The lowest BCUT2D eigenvalue weighted by Crippen LogP contribution is -2.38. The molecule has 0 fully saturated rings. The van der Waals surface area contributed by atoms with Crippen molar-refractivity contribution >= 4 is 28.8 Å². The smallest absolute Gasteiger partial charge is 0.238 e. The second-order valence-corrected chi connectivity index (χ2v) is 7.04. The van der Waals surface area contributed by atoms with Crippen molar-refractivity contribution in [2.45, 2.75) is 26.8 Å². The van der Waals surface area contributed by atoms with Crippen molar-refractivity contribution in [2.24, 2.45) is 0 Å². The van der Waals surface area contributed by atoms with Crippen molar-refractivity contribution in [2.75, 3.05) is 25.5 Å². The van der Waals surface area contributed by atoms with Gasteiger partial charge in [-0.15, -0.1) is 11.3 Å². The third-order valence-corrected chi connectivity index (χ3v) is 4.94. The van der Waals surface area contributed by atoms with E-state index in [-0.39, 0.29) is 24.9 Å². The van der Waals surface area contributed by atoms with Crippen LogP contribution in [0.2, 0.25) is 0 Å². The first-order valence-corrected chi connectivity index (χ1v) is 9.23. The van der Waals surface area contributed by atoms with Crippen LogP contribution in [0.3, 0.4) is 0 Å². The first-order valence-electron chi connectivity index (χ1n) is 8.35. The number of anilines is 1. The van der Waals surface area contributed by atoms with E-state index in [4.69, 9.17) is 0 Å². The normalized spacial score (nSPS) is 10.7. The van der Waals surface area contributed by atoms with Gasteiger partial charge in [0.05, 0.1) is 19.6 Å². The summed E-state index contributed by atoms with van der Waals surface area (Å²) in [6.45, 7) is 4.97. The summed E-state index contributed by atoms with van der Waals surface area (Å²) in [4.78, 5) is 27.1. The molecule has 0 radical (unpaired) electrons. The van der Waals surface area contributed by atoms with Gasteiger partial charge in [0.15, 0.2) is 0 Å². The molecule has 1 aromatic carbocycles. The Morgan fingerprint density at radius 1 is 1.12 bits per heavy atom. The fourth-order valence-electron chi connectivity index (χ4n) is 2.51. The van der Waals surface area contributed by atoms with Crippen LogP contribution in [0.4, 0.5) is 5.69 Å². The van der Waals surface area contributed by atoms with Gasteiger partial charge in [-0.3, -0.25) is 14.5 Å². The van der Waals surface area contributed by atoms with Gasteiger partial charge in [0, 0.05) is 10.6 Å². The molecule has 5 nitrogen and oxygen atoms in total. The Labute approximate surface area is 153 Å². The van der Waals surface area contributed by atoms with Gasteiger partial charge in [-0.1, -0.05) is 25.1 Å². The predicted octanol–water partition coefficient (Wildman–Crippen LogP) is 2.81. The van der Waals surface area contributed by atoms with Crippen molar-refractivity contribution < 1.29 is 9.59 Å². The molecule has 6 heteroatoms. The van der Waals surface area contributed by atoms with Crippen LogP contribution in [0.25, 0.3) is 0 Å². The van der Waals surface area contributed by atoms with Crippen molar-refractivity contribution in [1.29, 1.82) is 0 Å². The molecule has 0 aliphatic carbocycles. The molecule has 0 spiro atoms. The van der Waals surface area contributed by atoms with E-state index in [9.17, 15) is 9.59 Å². The first-order chi connectivity index (χ1) is 12.0. The zero-order valence-electron chi connectivity index (χ0n) is 15.0. The average Bonchev–Trinajstić information content (AvgIpc) is 2.98. The highest BCUT2D eigenvalue weighted by molar-refractivity contribution is 7.10. The standard InChI is InChI=1S/C19H25N3O2S/c1-4-15-7-5-6-8-16(15)21-19(24)13-22(3)12-18(23)20-11-17-14(2)9-10-25-17/h5-10H,4,11-13H2,1-3H3,(H,20,23)(H,21,24). The summed E-state index contributed by atoms with van der Waals surface area (Å²) in [6.07, 6.45) is 0.858. The summed E-state index contributed by atoms with van der Waals surface area (Å²) in [5.41, 5.74) is 3.12. The highest BCUT2D eigenvalue weighted by Crippen LogP contribution is 2.15. The number of likely N-dealkylation sites (N-methyl/N-ethyl adjacent to an activating group) is 1. The van der Waals surface area contributed by atoms with Crippen molar-refractivity contribution in [3.8, 4) is 0 Å². The lowest BCUT2D eigenvalue weighted by atomic mass is 10.1. The van der Waals surface area contributed by atoms with E-state index in [1.54, 1.807) is 23.3 Å². The molecule has 0 bridgehead atoms. The first kappa shape index (κ1) is 19.1. The molecule has 1 heterocycles. The molecule has 134 valence electrons. The summed E-state index contributed by atoms with van der Waals surface area (Å²) in [5, 5.41) is 7.83. The summed E-state index contributed by atoms with van der Waals surface area (Å²) in [5.74, 6) is -0.206. The third-order valence-electron chi connectivity index (χ3n) is 3.91. The number of amides is 2. The SMILES string of the molecule is CCc1ccccc1NC(=O)CN(C)CC(=O)NCc1sccc1C. The number of carbonyl (C=O) groups is 2. The minimum atomic E-state index is -0.120. The molecule has 0 unspecified atom stereocenters. The number of hydrogen-bond acceptors (Lipinski definition) is 4. The second kappa shape index (κ2) is 9.34. The molecule has 2 aromatic rings. The van der Waals surface area contributed by atoms with Gasteiger partial charge in [0.2, 0.25) is 11.8 Å². The van der Waals surface area contributed by atoms with E-state index in [1.165, 1.54) is 5.56 Å². The van der Waals surface area contributed by atoms with E-state index in [0.29, 0.717) is 6.54 Å². The van der Waals surface area contributed by atoms with Gasteiger partial charge < -0.3 is 10.6 Å². The monoisotopic (exact) mass is 359 g/mol. The third kappa shape index (κ3) is 5.99. The van der Waals surface area contributed by atoms with Gasteiger partial charge in [0.25, 0.3) is 0 Å². The molecule has 0 saturated heterocycles. The van der Waals surface area contributed by atoms with E-state index in [2.05, 4.69) is 17.6 Å². The van der Waals surface area contributed by atoms with Crippen LogP contribution in [0.5, 0.6) is 0 Å². The maximum absolute atomic E-state index is 12.2. The van der Waals surface area contributed by atoms with Gasteiger partial charge in [-0.05, 0) is 49.0 Å². The lowest BCUT2D eigenvalue weighted by Gasteiger charge is -2.17. The molecule has 1 aromatic heterocycles. The lowest BCUT2D eigenvalue weighted by molar-refractivity contribution is -0.123. The Morgan fingerprint density at radius 3 is 2.52 bits per heavy atom. The molecule has 2 amide bonds. The van der Waals surface area contributed by atoms with Crippen LogP contribution < -0.4 is 10.6 Å². The van der Waals surface area contributed by atoms with Crippen LogP contribution in [-0.4, -0.2) is 36.9 Å². The molecular formula is C19H25N3O2S. The molecule has 0 aliphatic rings. The van der Waals surface area contributed by atoms with Crippen LogP contribution in [-0.2, 0) is 22.6 Å². The molecule has 0 atom stereocenters. The molecule has 0 aliphatic heterocycles. The number of carbonyl (C=O) groups excluding carboxylic acids is 2. The van der Waals surface area contributed by atoms with Crippen LogP contribution in [0.1, 0.15) is 22.9 Å². The Kier molecular flexibility index (Phi) is 7.16. The Morgan fingerprint density at radius 2 is 1.84 bits per heavy atom. The predicted molar refractivity (Wildman–Crippen MR) is 103 cm³/mol. The summed E-state index contributed by atoms with van der Waals surface area (Å²) in [6, 6.07) is 9.79. The van der Waals surface area contributed by atoms with Crippen LogP contribution in [0.15, 0.2) is 35.7 Å². The van der Waals surface area contributed by atoms with E-state index >= 15 is 0 Å². The largest absolute Gasteiger partial charge is 0.350 e. The van der Waals surface area contributed by atoms with E-state index < -0.39 is 0 Å². The Hall–Kier alpha value is -2.18. The van der Waals surface area contributed by atoms with Gasteiger partial charge in [-0.25, -0.2) is 0 Å². The molecule has 2 rings (SSSR count). The maximum atomic E-state index is 12.2. The van der Waals surface area contributed by atoms with E-state index in [1.807, 2.05) is 42.6 Å². The Bertz CT molecular complexity index is 727. The minimum absolute atomic E-state index is 0.0861. The summed E-state index contributed by atoms with van der Waals surface area (Å²) >= 11 is 1.63. The number of hydrogen-bond donors (Lipinski definition) is 2. The molecular weight excluding hydrogens is 334 g/mol. The number of rotatable bonds is 8. The average molecular weight is 359 g/mol. The van der Waals surface area contributed by atoms with Crippen LogP contribution in [0, 0.1) is 6.92 Å². The number of thiophene rings is 1. The van der Waals surface area contributed by atoms with Crippen molar-refractivity contribution in [3.05, 3.63) is 51.7 Å². The van der Waals surface area contributed by atoms with Crippen molar-refractivity contribution in [3.63, 3.8) is 0 Å². The number of nitrogens with zero attached hydrogens (tertiary/aromatic N) is 1. The highest BCUT2D eigenvalue weighted by Gasteiger charge is 2.12. The fourth-order valence-corrected chi connectivity index (χ4v) is 3.35. The number of para-hydroxylation sites is 1. The molecule has 0 saturated carbocycles. The molecule has 2 N–H and O–H groups in total. The van der Waals surface area contributed by atoms with Crippen LogP contribution >= 0.6 is 11.3 Å². The van der Waals surface area contributed by atoms with Gasteiger partial charge >= 0.3 is 0 Å². The topological polar surface area (TPSA) is 61.4 Å². The quantitative estimate of drug-likeness (QED) is 0.762. The minimum Gasteiger partial charge on any atom is -0.350 e. The highest BCUT2D eigenvalue weighted by atomic mass is 32.1. The summed E-state index contributed by atoms with van der Waals surface area (Å²) in [7, 11) is 1.77. The van der Waals surface area contributed by atoms with Gasteiger partial charge in [0.1, 0.15) is 0 Å². The fraction of sp³-hybridized carbons (Fsp3) is 0.368. The number of nitrogens with one attached hydrogen (secondary N) is 2. The maximum Gasteiger partial charge on any atom is 0.238 e. The number of aryl methyl sites for hydroxylation is 2.